The number of hydrogen-bond acceptors (Lipinski definition) is 4. The van der Waals surface area contributed by atoms with Crippen LogP contribution in [0.15, 0.2) is 59.5 Å². The van der Waals surface area contributed by atoms with Crippen molar-refractivity contribution >= 4 is 15.8 Å². The highest BCUT2D eigenvalue weighted by atomic mass is 32.2. The molecule has 1 saturated heterocycles. The number of ketones is 1. The van der Waals surface area contributed by atoms with Crippen LogP contribution in [-0.4, -0.2) is 31.7 Å². The van der Waals surface area contributed by atoms with Crippen molar-refractivity contribution in [3.8, 4) is 5.75 Å². The molecule has 6 heteroatoms. The number of benzene rings is 2. The molecule has 0 aromatic heterocycles. The van der Waals surface area contributed by atoms with Crippen molar-refractivity contribution in [2.24, 2.45) is 0 Å². The first-order valence-corrected chi connectivity index (χ1v) is 12.2. The quantitative estimate of drug-likeness (QED) is 0.347. The number of unbranched alkanes of at least 4 members (excludes halogenated alkanes) is 5. The minimum Gasteiger partial charge on any atom is -0.497 e. The second kappa shape index (κ2) is 10.2. The Bertz CT molecular complexity index is 925. The van der Waals surface area contributed by atoms with Crippen molar-refractivity contribution in [3.05, 3.63) is 60.2 Å². The van der Waals surface area contributed by atoms with Crippen molar-refractivity contribution in [3.63, 3.8) is 0 Å². The first-order chi connectivity index (χ1) is 14.5. The standard InChI is InChI=1S/C24H31NO4S/c1-3-4-5-6-7-11-14-22(26)24-23(19-12-9-8-10-13-19)25(24)30(27,28)21-17-15-20(29-2)16-18-21/h8-10,12-13,15-18,23-24H,3-7,11,14H2,1-2H3/t23-,24+,25?/m0/s1. The van der Waals surface area contributed by atoms with Gasteiger partial charge in [-0.15, -0.1) is 0 Å². The molecule has 3 atom stereocenters. The van der Waals surface area contributed by atoms with Gasteiger partial charge in [-0.3, -0.25) is 4.79 Å². The molecule has 0 radical (unpaired) electrons. The van der Waals surface area contributed by atoms with Gasteiger partial charge in [0.05, 0.1) is 18.0 Å². The molecule has 2 aromatic carbocycles. The number of carbonyl (C=O) groups excluding carboxylic acids is 1. The predicted molar refractivity (Wildman–Crippen MR) is 118 cm³/mol. The van der Waals surface area contributed by atoms with Gasteiger partial charge in [-0.05, 0) is 36.2 Å². The highest BCUT2D eigenvalue weighted by Crippen LogP contribution is 2.48. The van der Waals surface area contributed by atoms with E-state index in [0.717, 1.165) is 24.8 Å². The Morgan fingerprint density at radius 1 is 0.933 bits per heavy atom. The molecule has 1 fully saturated rings. The zero-order valence-corrected chi connectivity index (χ0v) is 18.6. The summed E-state index contributed by atoms with van der Waals surface area (Å²) in [5.41, 5.74) is 0.857. The van der Waals surface area contributed by atoms with Crippen LogP contribution >= 0.6 is 0 Å². The van der Waals surface area contributed by atoms with Crippen molar-refractivity contribution in [1.29, 1.82) is 0 Å². The zero-order chi connectivity index (χ0) is 21.6. The fraction of sp³-hybridized carbons (Fsp3) is 0.458. The molecule has 1 aliphatic rings. The summed E-state index contributed by atoms with van der Waals surface area (Å²) in [7, 11) is -2.23. The molecular weight excluding hydrogens is 398 g/mol. The smallest absolute Gasteiger partial charge is 0.244 e. The van der Waals surface area contributed by atoms with Crippen LogP contribution in [0.2, 0.25) is 0 Å². The molecule has 30 heavy (non-hydrogen) atoms. The molecule has 1 heterocycles. The van der Waals surface area contributed by atoms with Crippen LogP contribution in [0.25, 0.3) is 0 Å². The molecule has 0 N–H and O–H groups in total. The summed E-state index contributed by atoms with van der Waals surface area (Å²) in [6, 6.07) is 14.7. The van der Waals surface area contributed by atoms with E-state index in [1.165, 1.54) is 42.8 Å². The van der Waals surface area contributed by atoms with Gasteiger partial charge in [-0.1, -0.05) is 69.4 Å². The molecule has 162 valence electrons. The van der Waals surface area contributed by atoms with Crippen LogP contribution in [0.1, 0.15) is 63.5 Å². The summed E-state index contributed by atoms with van der Waals surface area (Å²) in [6.45, 7) is 2.18. The van der Waals surface area contributed by atoms with Crippen molar-refractivity contribution in [2.75, 3.05) is 7.11 Å². The molecule has 3 rings (SSSR count). The molecule has 0 saturated carbocycles. The molecule has 0 aliphatic carbocycles. The summed E-state index contributed by atoms with van der Waals surface area (Å²) in [5, 5.41) is 0. The third kappa shape index (κ3) is 5.10. The normalized spacial score (nSPS) is 20.7. The lowest BCUT2D eigenvalue weighted by atomic mass is 10.0. The van der Waals surface area contributed by atoms with Gasteiger partial charge >= 0.3 is 0 Å². The molecule has 1 unspecified atom stereocenters. The number of sulfonamides is 1. The Morgan fingerprint density at radius 3 is 2.20 bits per heavy atom. The zero-order valence-electron chi connectivity index (χ0n) is 17.8. The van der Waals surface area contributed by atoms with E-state index < -0.39 is 22.1 Å². The minimum absolute atomic E-state index is 0.0106. The molecule has 0 amide bonds. The topological polar surface area (TPSA) is 63.5 Å². The first kappa shape index (κ1) is 22.5. The average Bonchev–Trinajstić information content (AvgIpc) is 3.53. The number of Topliss-reactive ketones (excluding diaryl/α,β-unsaturated/α-hetero) is 1. The van der Waals surface area contributed by atoms with E-state index in [4.69, 9.17) is 4.74 Å². The Hall–Kier alpha value is -2.18. The van der Waals surface area contributed by atoms with Crippen LogP contribution in [0, 0.1) is 0 Å². The Balaban J connectivity index is 1.74. The third-order valence-electron chi connectivity index (χ3n) is 5.64. The van der Waals surface area contributed by atoms with Gasteiger partial charge in [-0.25, -0.2) is 8.42 Å². The Morgan fingerprint density at radius 2 is 1.57 bits per heavy atom. The van der Waals surface area contributed by atoms with Gasteiger partial charge in [0.1, 0.15) is 11.8 Å². The van der Waals surface area contributed by atoms with Gasteiger partial charge in [0, 0.05) is 6.42 Å². The van der Waals surface area contributed by atoms with Crippen molar-refractivity contribution in [1.82, 2.24) is 4.31 Å². The van der Waals surface area contributed by atoms with Gasteiger partial charge in [0.25, 0.3) is 0 Å². The summed E-state index contributed by atoms with van der Waals surface area (Å²) in [6.07, 6.45) is 6.99. The summed E-state index contributed by atoms with van der Waals surface area (Å²) >= 11 is 0. The van der Waals surface area contributed by atoms with Crippen LogP contribution in [-0.2, 0) is 14.8 Å². The summed E-state index contributed by atoms with van der Waals surface area (Å²) in [4.78, 5) is 13.1. The van der Waals surface area contributed by atoms with E-state index in [-0.39, 0.29) is 10.7 Å². The van der Waals surface area contributed by atoms with Crippen LogP contribution < -0.4 is 4.74 Å². The van der Waals surface area contributed by atoms with Gasteiger partial charge in [0.15, 0.2) is 5.78 Å². The maximum atomic E-state index is 13.3. The van der Waals surface area contributed by atoms with Crippen molar-refractivity contribution < 1.29 is 17.9 Å². The van der Waals surface area contributed by atoms with Crippen molar-refractivity contribution in [2.45, 2.75) is 68.8 Å². The van der Waals surface area contributed by atoms with E-state index in [1.807, 2.05) is 30.3 Å². The molecular formula is C24H31NO4S. The fourth-order valence-corrected chi connectivity index (χ4v) is 5.64. The average molecular weight is 430 g/mol. The van der Waals surface area contributed by atoms with E-state index in [0.29, 0.717) is 12.2 Å². The molecule has 0 bridgehead atoms. The van der Waals surface area contributed by atoms with Crippen LogP contribution in [0.4, 0.5) is 0 Å². The highest BCUT2D eigenvalue weighted by molar-refractivity contribution is 7.89. The van der Waals surface area contributed by atoms with Gasteiger partial charge < -0.3 is 4.74 Å². The van der Waals surface area contributed by atoms with E-state index in [9.17, 15) is 13.2 Å². The monoisotopic (exact) mass is 429 g/mol. The number of methoxy groups -OCH3 is 1. The largest absolute Gasteiger partial charge is 0.497 e. The Kier molecular flexibility index (Phi) is 7.67. The minimum atomic E-state index is -3.77. The number of ether oxygens (including phenoxy) is 1. The van der Waals surface area contributed by atoms with E-state index >= 15 is 0 Å². The molecule has 5 nitrogen and oxygen atoms in total. The fourth-order valence-electron chi connectivity index (χ4n) is 3.90. The maximum absolute atomic E-state index is 13.3. The van der Waals surface area contributed by atoms with E-state index in [2.05, 4.69) is 6.92 Å². The second-order valence-electron chi connectivity index (χ2n) is 7.79. The maximum Gasteiger partial charge on any atom is 0.244 e. The SMILES string of the molecule is CCCCCCCCC(=O)[C@@H]1[C@H](c2ccccc2)N1S(=O)(=O)c1ccc(OC)cc1. The lowest BCUT2D eigenvalue weighted by Gasteiger charge is -2.08. The summed E-state index contributed by atoms with van der Waals surface area (Å²) < 4.78 is 33.0. The molecule has 1 aliphatic heterocycles. The summed E-state index contributed by atoms with van der Waals surface area (Å²) in [5.74, 6) is 0.603. The number of rotatable bonds is 12. The molecule has 2 aromatic rings. The molecule has 0 spiro atoms. The number of carbonyl (C=O) groups is 1. The lowest BCUT2D eigenvalue weighted by Crippen LogP contribution is -2.19. The first-order valence-electron chi connectivity index (χ1n) is 10.8. The third-order valence-corrected chi connectivity index (χ3v) is 7.52. The van der Waals surface area contributed by atoms with Gasteiger partial charge in [0.2, 0.25) is 10.0 Å². The second-order valence-corrected chi connectivity index (χ2v) is 9.64. The highest BCUT2D eigenvalue weighted by Gasteiger charge is 2.59. The van der Waals surface area contributed by atoms with Crippen LogP contribution in [0.5, 0.6) is 5.75 Å². The lowest BCUT2D eigenvalue weighted by molar-refractivity contribution is -0.119. The Labute approximate surface area is 180 Å². The predicted octanol–water partition coefficient (Wildman–Crippen LogP) is 5.13. The number of hydrogen-bond donors (Lipinski definition) is 0. The van der Waals surface area contributed by atoms with Gasteiger partial charge in [-0.2, -0.15) is 4.31 Å². The van der Waals surface area contributed by atoms with Crippen LogP contribution in [0.3, 0.4) is 0 Å². The van der Waals surface area contributed by atoms with E-state index in [1.54, 1.807) is 12.1 Å². The number of nitrogens with zero attached hydrogens (tertiary/aromatic N) is 1.